The Morgan fingerprint density at radius 1 is 1.00 bits per heavy atom. The average molecular weight is 450 g/mol. The molecule has 7 nitrogen and oxygen atoms in total. The molecule has 0 aromatic carbocycles. The van der Waals surface area contributed by atoms with Crippen molar-refractivity contribution in [2.75, 3.05) is 7.05 Å². The topological polar surface area (TPSA) is 105 Å². The lowest BCUT2D eigenvalue weighted by Gasteiger charge is -2.03. The number of thiazole rings is 1. The Kier molecular flexibility index (Phi) is 5.63. The van der Waals surface area contributed by atoms with E-state index in [0.29, 0.717) is 4.88 Å². The van der Waals surface area contributed by atoms with E-state index in [4.69, 9.17) is 0 Å². The van der Waals surface area contributed by atoms with Crippen molar-refractivity contribution < 1.29 is 16.8 Å². The lowest BCUT2D eigenvalue weighted by Crippen LogP contribution is -2.21. The van der Waals surface area contributed by atoms with Crippen molar-refractivity contribution in [3.8, 4) is 10.6 Å². The van der Waals surface area contributed by atoms with Crippen LogP contribution in [0.2, 0.25) is 0 Å². The fourth-order valence-electron chi connectivity index (χ4n) is 2.01. The summed E-state index contributed by atoms with van der Waals surface area (Å²) in [5.74, 6) is 0. The van der Waals surface area contributed by atoms with E-state index in [-0.39, 0.29) is 15.0 Å². The molecule has 0 aliphatic heterocycles. The standard InChI is InChI=1S/C14H15N3O4S5/c1-9-17-11(8-22-9)12-4-6-14(24-12)26(20,21)16-7-10-3-5-13(23-10)25(18,19)15-2/h3-6,8,15-16H,7H2,1-2H3. The highest BCUT2D eigenvalue weighted by molar-refractivity contribution is 7.92. The van der Waals surface area contributed by atoms with Crippen LogP contribution in [0.1, 0.15) is 9.88 Å². The molecule has 0 aliphatic rings. The average Bonchev–Trinajstić information content (AvgIpc) is 3.33. The van der Waals surface area contributed by atoms with Crippen LogP contribution in [0.5, 0.6) is 0 Å². The number of aryl methyl sites for hydroxylation is 1. The van der Waals surface area contributed by atoms with Crippen molar-refractivity contribution in [1.82, 2.24) is 14.4 Å². The van der Waals surface area contributed by atoms with Crippen molar-refractivity contribution >= 4 is 54.1 Å². The normalized spacial score (nSPS) is 12.5. The molecule has 0 unspecified atom stereocenters. The summed E-state index contributed by atoms with van der Waals surface area (Å²) < 4.78 is 53.5. The lowest BCUT2D eigenvalue weighted by atomic mass is 10.4. The summed E-state index contributed by atoms with van der Waals surface area (Å²) in [6.45, 7) is 1.92. The van der Waals surface area contributed by atoms with Crippen LogP contribution in [0.4, 0.5) is 0 Å². The third-order valence-corrected chi connectivity index (χ3v) is 10.1. The summed E-state index contributed by atoms with van der Waals surface area (Å²) in [6, 6.07) is 6.32. The third-order valence-electron chi connectivity index (χ3n) is 3.32. The smallest absolute Gasteiger partial charge is 0.241 e. The van der Waals surface area contributed by atoms with E-state index >= 15 is 0 Å². The van der Waals surface area contributed by atoms with Gasteiger partial charge in [-0.05, 0) is 38.2 Å². The van der Waals surface area contributed by atoms with Crippen LogP contribution in [0.15, 0.2) is 38.1 Å². The minimum absolute atomic E-state index is 0.0231. The first-order valence-electron chi connectivity index (χ1n) is 7.25. The maximum atomic E-state index is 12.5. The second-order valence-corrected chi connectivity index (χ2v) is 12.5. The van der Waals surface area contributed by atoms with E-state index in [0.717, 1.165) is 38.3 Å². The first kappa shape index (κ1) is 19.6. The Balaban J connectivity index is 1.73. The Morgan fingerprint density at radius 3 is 2.35 bits per heavy atom. The predicted molar refractivity (Wildman–Crippen MR) is 105 cm³/mol. The number of rotatable bonds is 7. The number of aromatic nitrogens is 1. The number of sulfonamides is 2. The van der Waals surface area contributed by atoms with Crippen molar-refractivity contribution in [3.05, 3.63) is 39.5 Å². The van der Waals surface area contributed by atoms with Gasteiger partial charge in [0.25, 0.3) is 0 Å². The summed E-state index contributed by atoms with van der Waals surface area (Å²) in [7, 11) is -5.88. The Labute approximate surface area is 163 Å². The fraction of sp³-hybridized carbons (Fsp3) is 0.214. The molecule has 0 bridgehead atoms. The maximum Gasteiger partial charge on any atom is 0.250 e. The Hall–Kier alpha value is -1.15. The van der Waals surface area contributed by atoms with Gasteiger partial charge in [0.2, 0.25) is 20.0 Å². The van der Waals surface area contributed by atoms with E-state index in [1.165, 1.54) is 24.5 Å². The van der Waals surface area contributed by atoms with Gasteiger partial charge in [-0.2, -0.15) is 0 Å². The minimum Gasteiger partial charge on any atom is -0.241 e. The van der Waals surface area contributed by atoms with Crippen LogP contribution >= 0.6 is 34.0 Å². The Bertz CT molecular complexity index is 1120. The van der Waals surface area contributed by atoms with E-state index in [1.807, 2.05) is 12.3 Å². The van der Waals surface area contributed by atoms with Gasteiger partial charge in [-0.3, -0.25) is 0 Å². The van der Waals surface area contributed by atoms with E-state index in [2.05, 4.69) is 14.4 Å². The highest BCUT2D eigenvalue weighted by Crippen LogP contribution is 2.31. The number of nitrogens with zero attached hydrogens (tertiary/aromatic N) is 1. The molecule has 0 saturated carbocycles. The minimum atomic E-state index is -3.68. The largest absolute Gasteiger partial charge is 0.250 e. The van der Waals surface area contributed by atoms with Gasteiger partial charge < -0.3 is 0 Å². The molecule has 0 aliphatic carbocycles. The molecule has 0 spiro atoms. The SMILES string of the molecule is CNS(=O)(=O)c1ccc(CNS(=O)(=O)c2ccc(-c3csc(C)n3)s2)s1. The van der Waals surface area contributed by atoms with E-state index < -0.39 is 20.0 Å². The van der Waals surface area contributed by atoms with Gasteiger partial charge in [0, 0.05) is 16.8 Å². The fourth-order valence-corrected chi connectivity index (χ4v) is 7.24. The van der Waals surface area contributed by atoms with Gasteiger partial charge in [-0.15, -0.1) is 34.0 Å². The summed E-state index contributed by atoms with van der Waals surface area (Å²) in [5.41, 5.74) is 0.763. The maximum absolute atomic E-state index is 12.5. The van der Waals surface area contributed by atoms with Gasteiger partial charge in [-0.1, -0.05) is 0 Å². The summed E-state index contributed by atoms with van der Waals surface area (Å²) >= 11 is 3.68. The molecule has 0 radical (unpaired) electrons. The second kappa shape index (κ2) is 7.46. The molecule has 0 amide bonds. The van der Waals surface area contributed by atoms with Crippen LogP contribution < -0.4 is 9.44 Å². The molecule has 140 valence electrons. The number of thiophene rings is 2. The molecule has 12 heteroatoms. The molecule has 0 saturated heterocycles. The molecule has 26 heavy (non-hydrogen) atoms. The van der Waals surface area contributed by atoms with Gasteiger partial charge in [-0.25, -0.2) is 31.3 Å². The monoisotopic (exact) mass is 449 g/mol. The molecule has 3 aromatic rings. The quantitative estimate of drug-likeness (QED) is 0.577. The van der Waals surface area contributed by atoms with Crippen molar-refractivity contribution in [2.24, 2.45) is 0 Å². The van der Waals surface area contributed by atoms with Gasteiger partial charge in [0.15, 0.2) is 0 Å². The van der Waals surface area contributed by atoms with Gasteiger partial charge in [0.1, 0.15) is 8.42 Å². The number of hydrogen-bond donors (Lipinski definition) is 2. The van der Waals surface area contributed by atoms with Crippen molar-refractivity contribution in [1.29, 1.82) is 0 Å². The zero-order valence-corrected chi connectivity index (χ0v) is 17.8. The van der Waals surface area contributed by atoms with Crippen LogP contribution in [0.25, 0.3) is 10.6 Å². The summed E-state index contributed by atoms with van der Waals surface area (Å²) in [4.78, 5) is 5.75. The van der Waals surface area contributed by atoms with Crippen LogP contribution in [0, 0.1) is 6.92 Å². The van der Waals surface area contributed by atoms with Crippen molar-refractivity contribution in [3.63, 3.8) is 0 Å². The van der Waals surface area contributed by atoms with E-state index in [1.54, 1.807) is 18.2 Å². The molecule has 0 fully saturated rings. The molecular weight excluding hydrogens is 435 g/mol. The highest BCUT2D eigenvalue weighted by atomic mass is 32.3. The molecular formula is C14H15N3O4S5. The van der Waals surface area contributed by atoms with Crippen LogP contribution in [-0.2, 0) is 26.6 Å². The first-order chi connectivity index (χ1) is 12.2. The van der Waals surface area contributed by atoms with Gasteiger partial charge in [0.05, 0.1) is 15.6 Å². The molecule has 3 heterocycles. The summed E-state index contributed by atoms with van der Waals surface area (Å²) in [5, 5.41) is 2.81. The van der Waals surface area contributed by atoms with E-state index in [9.17, 15) is 16.8 Å². The molecule has 0 atom stereocenters. The van der Waals surface area contributed by atoms with Gasteiger partial charge >= 0.3 is 0 Å². The van der Waals surface area contributed by atoms with Crippen LogP contribution in [0.3, 0.4) is 0 Å². The molecule has 3 aromatic heterocycles. The highest BCUT2D eigenvalue weighted by Gasteiger charge is 2.19. The molecule has 3 rings (SSSR count). The lowest BCUT2D eigenvalue weighted by molar-refractivity contribution is 0.583. The number of hydrogen-bond acceptors (Lipinski definition) is 8. The zero-order chi connectivity index (χ0) is 18.9. The second-order valence-electron chi connectivity index (χ2n) is 5.12. The Morgan fingerprint density at radius 2 is 1.69 bits per heavy atom. The predicted octanol–water partition coefficient (Wildman–Crippen LogP) is 2.63. The third kappa shape index (κ3) is 4.22. The zero-order valence-electron chi connectivity index (χ0n) is 13.7. The summed E-state index contributed by atoms with van der Waals surface area (Å²) in [6.07, 6.45) is 0. The number of nitrogens with one attached hydrogen (secondary N) is 2. The first-order valence-corrected chi connectivity index (χ1v) is 12.7. The van der Waals surface area contributed by atoms with Crippen molar-refractivity contribution in [2.45, 2.75) is 21.9 Å². The molecule has 2 N–H and O–H groups in total. The van der Waals surface area contributed by atoms with Crippen LogP contribution in [-0.4, -0.2) is 28.9 Å².